The molecule has 0 aliphatic heterocycles. The average molecular weight is 441 g/mol. The zero-order chi connectivity index (χ0) is 23.5. The minimum absolute atomic E-state index is 0.0258. The fourth-order valence-corrected chi connectivity index (χ4v) is 2.98. The van der Waals surface area contributed by atoms with Crippen LogP contribution < -0.4 is 25.3 Å². The second kappa shape index (κ2) is 12.4. The van der Waals surface area contributed by atoms with Crippen LogP contribution in [-0.4, -0.2) is 37.7 Å². The Bertz CT molecular complexity index is 922. The van der Waals surface area contributed by atoms with E-state index in [0.29, 0.717) is 11.5 Å². The Morgan fingerprint density at radius 2 is 1.78 bits per heavy atom. The molecule has 0 aliphatic carbocycles. The van der Waals surface area contributed by atoms with Crippen LogP contribution in [0.25, 0.3) is 6.08 Å². The van der Waals surface area contributed by atoms with Crippen molar-refractivity contribution in [3.8, 4) is 17.2 Å². The number of carbonyl (C=O) groups is 2. The SMILES string of the molecule is COc1cc(C=CC(=O)NC(C)CCc2ccc(OC(C)C)cc2)ccc1OCC(N)=O. The second-order valence-electron chi connectivity index (χ2n) is 7.76. The monoisotopic (exact) mass is 440 g/mol. The van der Waals surface area contributed by atoms with Crippen molar-refractivity contribution in [1.82, 2.24) is 5.32 Å². The zero-order valence-corrected chi connectivity index (χ0v) is 19.1. The van der Waals surface area contributed by atoms with Crippen molar-refractivity contribution in [2.45, 2.75) is 45.8 Å². The van der Waals surface area contributed by atoms with E-state index in [1.165, 1.54) is 18.7 Å². The second-order valence-corrected chi connectivity index (χ2v) is 7.76. The molecule has 0 aromatic heterocycles. The number of rotatable bonds is 12. The van der Waals surface area contributed by atoms with Crippen LogP contribution >= 0.6 is 0 Å². The van der Waals surface area contributed by atoms with Crippen LogP contribution in [0.5, 0.6) is 17.2 Å². The van der Waals surface area contributed by atoms with Gasteiger partial charge in [0.15, 0.2) is 18.1 Å². The Kier molecular flexibility index (Phi) is 9.60. The van der Waals surface area contributed by atoms with Crippen LogP contribution in [0.15, 0.2) is 48.5 Å². The molecule has 3 N–H and O–H groups in total. The Hall–Kier alpha value is -3.48. The zero-order valence-electron chi connectivity index (χ0n) is 19.1. The highest BCUT2D eigenvalue weighted by molar-refractivity contribution is 5.92. The summed E-state index contributed by atoms with van der Waals surface area (Å²) < 4.78 is 16.2. The first-order valence-corrected chi connectivity index (χ1v) is 10.6. The molecular weight excluding hydrogens is 408 g/mol. The third-order valence-electron chi connectivity index (χ3n) is 4.53. The minimum atomic E-state index is -0.570. The van der Waals surface area contributed by atoms with E-state index in [4.69, 9.17) is 19.9 Å². The molecule has 2 aromatic rings. The van der Waals surface area contributed by atoms with E-state index in [0.717, 1.165) is 24.2 Å². The fraction of sp³-hybridized carbons (Fsp3) is 0.360. The number of nitrogens with two attached hydrogens (primary N) is 1. The van der Waals surface area contributed by atoms with Gasteiger partial charge >= 0.3 is 0 Å². The van der Waals surface area contributed by atoms with E-state index in [9.17, 15) is 9.59 Å². The standard InChI is InChI=1S/C25H32N2O5/c1-17(2)32-21-11-7-19(8-12-21)6-5-18(3)27-25(29)14-10-20-9-13-22(23(15-20)30-4)31-16-24(26)28/h7-15,17-18H,5-6,16H2,1-4H3,(H2,26,28)(H,27,29). The lowest BCUT2D eigenvalue weighted by Gasteiger charge is -2.13. The number of methoxy groups -OCH3 is 1. The first kappa shape index (κ1) is 24.8. The van der Waals surface area contributed by atoms with Crippen LogP contribution in [0.2, 0.25) is 0 Å². The summed E-state index contributed by atoms with van der Waals surface area (Å²) >= 11 is 0. The summed E-state index contributed by atoms with van der Waals surface area (Å²) in [7, 11) is 1.50. The van der Waals surface area contributed by atoms with E-state index in [2.05, 4.69) is 17.4 Å². The summed E-state index contributed by atoms with van der Waals surface area (Å²) in [4.78, 5) is 23.1. The normalized spacial score (nSPS) is 11.9. The van der Waals surface area contributed by atoms with E-state index in [1.54, 1.807) is 24.3 Å². The van der Waals surface area contributed by atoms with Crippen molar-refractivity contribution in [2.24, 2.45) is 5.73 Å². The molecule has 1 atom stereocenters. The van der Waals surface area contributed by atoms with Gasteiger partial charge in [-0.25, -0.2) is 0 Å². The molecule has 2 aromatic carbocycles. The van der Waals surface area contributed by atoms with Crippen molar-refractivity contribution >= 4 is 17.9 Å². The molecule has 2 amide bonds. The lowest BCUT2D eigenvalue weighted by molar-refractivity contribution is -0.120. The molecule has 7 nitrogen and oxygen atoms in total. The van der Waals surface area contributed by atoms with Gasteiger partial charge in [0.2, 0.25) is 5.91 Å². The van der Waals surface area contributed by atoms with E-state index in [-0.39, 0.29) is 24.7 Å². The highest BCUT2D eigenvalue weighted by Gasteiger charge is 2.08. The van der Waals surface area contributed by atoms with Gasteiger partial charge in [0.05, 0.1) is 13.2 Å². The van der Waals surface area contributed by atoms with Crippen molar-refractivity contribution < 1.29 is 23.8 Å². The number of nitrogens with one attached hydrogen (secondary N) is 1. The Balaban J connectivity index is 1.84. The topological polar surface area (TPSA) is 99.9 Å². The van der Waals surface area contributed by atoms with E-state index < -0.39 is 5.91 Å². The Labute approximate surface area is 189 Å². The van der Waals surface area contributed by atoms with Crippen LogP contribution in [-0.2, 0) is 16.0 Å². The highest BCUT2D eigenvalue weighted by Crippen LogP contribution is 2.28. The van der Waals surface area contributed by atoms with Gasteiger partial charge in [0.25, 0.3) is 5.91 Å². The number of carbonyl (C=O) groups excluding carboxylic acids is 2. The van der Waals surface area contributed by atoms with Crippen molar-refractivity contribution in [3.63, 3.8) is 0 Å². The molecule has 2 rings (SSSR count). The maximum Gasteiger partial charge on any atom is 0.255 e. The summed E-state index contributed by atoms with van der Waals surface area (Å²) in [6.45, 7) is 5.75. The van der Waals surface area contributed by atoms with Gasteiger partial charge < -0.3 is 25.3 Å². The van der Waals surface area contributed by atoms with Crippen LogP contribution in [0.1, 0.15) is 38.3 Å². The smallest absolute Gasteiger partial charge is 0.255 e. The molecule has 172 valence electrons. The van der Waals surface area contributed by atoms with Gasteiger partial charge in [-0.1, -0.05) is 18.2 Å². The minimum Gasteiger partial charge on any atom is -0.493 e. The molecule has 0 spiro atoms. The average Bonchev–Trinajstić information content (AvgIpc) is 2.75. The molecule has 1 unspecified atom stereocenters. The number of ether oxygens (including phenoxy) is 3. The summed E-state index contributed by atoms with van der Waals surface area (Å²) in [6.07, 6.45) is 5.00. The molecule has 0 heterocycles. The molecule has 0 bridgehead atoms. The van der Waals surface area contributed by atoms with E-state index in [1.807, 2.05) is 32.9 Å². The third-order valence-corrected chi connectivity index (χ3v) is 4.53. The molecule has 0 radical (unpaired) electrons. The van der Waals surface area contributed by atoms with Gasteiger partial charge in [0.1, 0.15) is 5.75 Å². The van der Waals surface area contributed by atoms with Gasteiger partial charge in [-0.2, -0.15) is 0 Å². The molecule has 0 saturated carbocycles. The lowest BCUT2D eigenvalue weighted by Crippen LogP contribution is -2.31. The number of primary amides is 1. The number of amides is 2. The fourth-order valence-electron chi connectivity index (χ4n) is 2.98. The summed E-state index contributed by atoms with van der Waals surface area (Å²) in [6, 6.07) is 13.2. The quantitative estimate of drug-likeness (QED) is 0.492. The highest BCUT2D eigenvalue weighted by atomic mass is 16.5. The van der Waals surface area contributed by atoms with E-state index >= 15 is 0 Å². The maximum absolute atomic E-state index is 12.3. The van der Waals surface area contributed by atoms with Crippen molar-refractivity contribution in [2.75, 3.05) is 13.7 Å². The summed E-state index contributed by atoms with van der Waals surface area (Å²) in [5.74, 6) is 0.974. The third kappa shape index (κ3) is 8.71. The Morgan fingerprint density at radius 1 is 1.06 bits per heavy atom. The van der Waals surface area contributed by atoms with Crippen molar-refractivity contribution in [1.29, 1.82) is 0 Å². The maximum atomic E-state index is 12.3. The summed E-state index contributed by atoms with van der Waals surface area (Å²) in [5.41, 5.74) is 7.05. The first-order valence-electron chi connectivity index (χ1n) is 10.6. The van der Waals surface area contributed by atoms with Gasteiger partial charge in [-0.15, -0.1) is 0 Å². The number of aryl methyl sites for hydroxylation is 1. The van der Waals surface area contributed by atoms with Crippen molar-refractivity contribution in [3.05, 3.63) is 59.7 Å². The predicted octanol–water partition coefficient (Wildman–Crippen LogP) is 3.50. The molecule has 0 aliphatic rings. The van der Waals surface area contributed by atoms with Gasteiger partial charge in [0, 0.05) is 12.1 Å². The summed E-state index contributed by atoms with van der Waals surface area (Å²) in [5, 5.41) is 2.97. The van der Waals surface area contributed by atoms with Crippen LogP contribution in [0.3, 0.4) is 0 Å². The van der Waals surface area contributed by atoms with Crippen LogP contribution in [0.4, 0.5) is 0 Å². The molecular formula is C25H32N2O5. The molecule has 7 heteroatoms. The number of hydrogen-bond acceptors (Lipinski definition) is 5. The first-order chi connectivity index (χ1) is 15.3. The molecule has 0 saturated heterocycles. The molecule has 0 fully saturated rings. The largest absolute Gasteiger partial charge is 0.493 e. The van der Waals surface area contributed by atoms with Gasteiger partial charge in [-0.3, -0.25) is 9.59 Å². The number of hydrogen-bond donors (Lipinski definition) is 2. The number of benzene rings is 2. The predicted molar refractivity (Wildman–Crippen MR) is 125 cm³/mol. The Morgan fingerprint density at radius 3 is 2.41 bits per heavy atom. The lowest BCUT2D eigenvalue weighted by atomic mass is 10.1. The van der Waals surface area contributed by atoms with Crippen LogP contribution in [0, 0.1) is 0 Å². The molecule has 32 heavy (non-hydrogen) atoms. The van der Waals surface area contributed by atoms with Gasteiger partial charge in [-0.05, 0) is 75.1 Å².